The van der Waals surface area contributed by atoms with Crippen molar-refractivity contribution in [1.82, 2.24) is 14.9 Å². The summed E-state index contributed by atoms with van der Waals surface area (Å²) in [5.74, 6) is 0.950. The highest BCUT2D eigenvalue weighted by molar-refractivity contribution is 6.42. The molecule has 5 nitrogen and oxygen atoms in total. The number of carbonyl (C=O) groups excluding carboxylic acids is 1. The number of benzene rings is 1. The van der Waals surface area contributed by atoms with Gasteiger partial charge >= 0.3 is 0 Å². The number of amides is 1. The van der Waals surface area contributed by atoms with E-state index in [4.69, 9.17) is 23.2 Å². The van der Waals surface area contributed by atoms with Gasteiger partial charge in [0.05, 0.1) is 22.2 Å². The first-order valence-electron chi connectivity index (χ1n) is 9.21. The lowest BCUT2D eigenvalue weighted by atomic mass is 9.95. The van der Waals surface area contributed by atoms with Gasteiger partial charge < -0.3 is 9.80 Å². The Morgan fingerprint density at radius 3 is 2.78 bits per heavy atom. The number of piperidine rings is 1. The van der Waals surface area contributed by atoms with E-state index in [0.29, 0.717) is 23.1 Å². The van der Waals surface area contributed by atoms with Crippen molar-refractivity contribution < 1.29 is 4.79 Å². The summed E-state index contributed by atoms with van der Waals surface area (Å²) in [6.45, 7) is 6.17. The van der Waals surface area contributed by atoms with Gasteiger partial charge in [-0.2, -0.15) is 0 Å². The topological polar surface area (TPSA) is 49.3 Å². The Labute approximate surface area is 170 Å². The molecule has 1 unspecified atom stereocenters. The van der Waals surface area contributed by atoms with Gasteiger partial charge in [0.15, 0.2) is 0 Å². The van der Waals surface area contributed by atoms with Gasteiger partial charge in [-0.25, -0.2) is 4.98 Å². The Hall–Kier alpha value is -1.85. The zero-order valence-electron chi connectivity index (χ0n) is 15.6. The summed E-state index contributed by atoms with van der Waals surface area (Å²) in [5, 5.41) is 1.03. The van der Waals surface area contributed by atoms with E-state index in [1.54, 1.807) is 24.7 Å². The SMILES string of the molecule is CC(C)N(Cc1ccc(Cl)c(Cl)c1)C(=O)C1CCCN(c2cnccn2)C1. The highest BCUT2D eigenvalue weighted by atomic mass is 35.5. The van der Waals surface area contributed by atoms with E-state index >= 15 is 0 Å². The van der Waals surface area contributed by atoms with Gasteiger partial charge in [-0.1, -0.05) is 29.3 Å². The van der Waals surface area contributed by atoms with Crippen LogP contribution in [0, 0.1) is 5.92 Å². The van der Waals surface area contributed by atoms with Crippen molar-refractivity contribution in [3.8, 4) is 0 Å². The highest BCUT2D eigenvalue weighted by Gasteiger charge is 2.31. The van der Waals surface area contributed by atoms with Crippen LogP contribution in [-0.4, -0.2) is 39.9 Å². The molecular formula is C20H24Cl2N4O. The molecule has 1 aliphatic rings. The van der Waals surface area contributed by atoms with E-state index < -0.39 is 0 Å². The molecule has 0 spiro atoms. The number of hydrogen-bond donors (Lipinski definition) is 0. The lowest BCUT2D eigenvalue weighted by Crippen LogP contribution is -2.47. The number of hydrogen-bond acceptors (Lipinski definition) is 4. The summed E-state index contributed by atoms with van der Waals surface area (Å²) in [5.41, 5.74) is 0.980. The molecule has 0 bridgehead atoms. The fraction of sp³-hybridized carbons (Fsp3) is 0.450. The first-order valence-corrected chi connectivity index (χ1v) is 9.96. The molecule has 1 aromatic carbocycles. The molecular weight excluding hydrogens is 383 g/mol. The lowest BCUT2D eigenvalue weighted by molar-refractivity contribution is -0.138. The van der Waals surface area contributed by atoms with Gasteiger partial charge in [-0.15, -0.1) is 0 Å². The smallest absolute Gasteiger partial charge is 0.228 e. The Kier molecular flexibility index (Phi) is 6.55. The molecule has 0 N–H and O–H groups in total. The normalized spacial score (nSPS) is 17.2. The molecule has 27 heavy (non-hydrogen) atoms. The molecule has 1 fully saturated rings. The van der Waals surface area contributed by atoms with Gasteiger partial charge in [-0.05, 0) is 44.4 Å². The van der Waals surface area contributed by atoms with Crippen LogP contribution in [0.2, 0.25) is 10.0 Å². The largest absolute Gasteiger partial charge is 0.355 e. The maximum absolute atomic E-state index is 13.3. The third-order valence-corrected chi connectivity index (χ3v) is 5.63. The molecule has 0 saturated carbocycles. The minimum atomic E-state index is -0.0501. The van der Waals surface area contributed by atoms with E-state index in [-0.39, 0.29) is 17.9 Å². The highest BCUT2D eigenvalue weighted by Crippen LogP contribution is 2.26. The van der Waals surface area contributed by atoms with Gasteiger partial charge in [0.2, 0.25) is 5.91 Å². The van der Waals surface area contributed by atoms with Crippen LogP contribution in [0.5, 0.6) is 0 Å². The Morgan fingerprint density at radius 1 is 1.30 bits per heavy atom. The number of halogens is 2. The standard InChI is InChI=1S/C20H24Cl2N4O/c1-14(2)26(12-15-5-6-17(21)18(22)10-15)20(27)16-4-3-9-25(13-16)19-11-23-7-8-24-19/h5-8,10-11,14,16H,3-4,9,12-13H2,1-2H3. The van der Waals surface area contributed by atoms with Crippen molar-refractivity contribution in [1.29, 1.82) is 0 Å². The summed E-state index contributed by atoms with van der Waals surface area (Å²) in [6, 6.07) is 5.63. The number of aromatic nitrogens is 2. The van der Waals surface area contributed by atoms with Gasteiger partial charge in [-0.3, -0.25) is 9.78 Å². The molecule has 7 heteroatoms. The van der Waals surface area contributed by atoms with Crippen molar-refractivity contribution in [2.75, 3.05) is 18.0 Å². The molecule has 0 radical (unpaired) electrons. The summed E-state index contributed by atoms with van der Waals surface area (Å²) in [6.07, 6.45) is 6.95. The number of anilines is 1. The third-order valence-electron chi connectivity index (χ3n) is 4.89. The third kappa shape index (κ3) is 4.90. The molecule has 1 atom stereocenters. The predicted octanol–water partition coefficient (Wildman–Crippen LogP) is 4.44. The fourth-order valence-electron chi connectivity index (χ4n) is 3.43. The summed E-state index contributed by atoms with van der Waals surface area (Å²) < 4.78 is 0. The minimum Gasteiger partial charge on any atom is -0.355 e. The first kappa shape index (κ1) is 19.9. The second-order valence-corrected chi connectivity index (χ2v) is 7.97. The molecule has 1 aromatic heterocycles. The molecule has 144 valence electrons. The Balaban J connectivity index is 1.73. The van der Waals surface area contributed by atoms with Crippen LogP contribution in [0.15, 0.2) is 36.8 Å². The van der Waals surface area contributed by atoms with Crippen LogP contribution >= 0.6 is 23.2 Å². The van der Waals surface area contributed by atoms with Crippen LogP contribution in [0.25, 0.3) is 0 Å². The summed E-state index contributed by atoms with van der Waals surface area (Å²) in [7, 11) is 0. The second-order valence-electron chi connectivity index (χ2n) is 7.16. The van der Waals surface area contributed by atoms with E-state index in [2.05, 4.69) is 14.9 Å². The van der Waals surface area contributed by atoms with Gasteiger partial charge in [0.25, 0.3) is 0 Å². The number of carbonyl (C=O) groups is 1. The van der Waals surface area contributed by atoms with E-state index in [0.717, 1.165) is 30.8 Å². The van der Waals surface area contributed by atoms with Crippen LogP contribution in [0.1, 0.15) is 32.3 Å². The molecule has 1 saturated heterocycles. The van der Waals surface area contributed by atoms with Crippen molar-refractivity contribution in [2.45, 2.75) is 39.3 Å². The quantitative estimate of drug-likeness (QED) is 0.736. The summed E-state index contributed by atoms with van der Waals surface area (Å²) >= 11 is 12.1. The van der Waals surface area contributed by atoms with E-state index in [9.17, 15) is 4.79 Å². The van der Waals surface area contributed by atoms with Crippen LogP contribution in [0.4, 0.5) is 5.82 Å². The molecule has 3 rings (SSSR count). The maximum Gasteiger partial charge on any atom is 0.228 e. The first-order chi connectivity index (χ1) is 13.0. The van der Waals surface area contributed by atoms with Crippen LogP contribution < -0.4 is 4.90 Å². The van der Waals surface area contributed by atoms with Crippen molar-refractivity contribution in [3.63, 3.8) is 0 Å². The Bertz CT molecular complexity index is 785. The molecule has 2 aromatic rings. The number of nitrogens with zero attached hydrogens (tertiary/aromatic N) is 4. The molecule has 1 amide bonds. The van der Waals surface area contributed by atoms with Crippen molar-refractivity contribution >= 4 is 34.9 Å². The summed E-state index contributed by atoms with van der Waals surface area (Å²) in [4.78, 5) is 25.9. The van der Waals surface area contributed by atoms with E-state index in [1.165, 1.54) is 0 Å². The molecule has 0 aliphatic carbocycles. The Morgan fingerprint density at radius 2 is 2.11 bits per heavy atom. The monoisotopic (exact) mass is 406 g/mol. The average molecular weight is 407 g/mol. The van der Waals surface area contributed by atoms with Crippen molar-refractivity contribution in [2.24, 2.45) is 5.92 Å². The lowest BCUT2D eigenvalue weighted by Gasteiger charge is -2.37. The molecule has 2 heterocycles. The maximum atomic E-state index is 13.3. The van der Waals surface area contributed by atoms with Gasteiger partial charge in [0.1, 0.15) is 5.82 Å². The van der Waals surface area contributed by atoms with Gasteiger partial charge in [0, 0.05) is 38.1 Å². The van der Waals surface area contributed by atoms with Crippen LogP contribution in [0.3, 0.4) is 0 Å². The van der Waals surface area contributed by atoms with Crippen molar-refractivity contribution in [3.05, 3.63) is 52.4 Å². The average Bonchev–Trinajstić information content (AvgIpc) is 2.69. The molecule has 1 aliphatic heterocycles. The second kappa shape index (κ2) is 8.89. The minimum absolute atomic E-state index is 0.0501. The zero-order valence-corrected chi connectivity index (χ0v) is 17.1. The van der Waals surface area contributed by atoms with E-state index in [1.807, 2.05) is 30.9 Å². The zero-order chi connectivity index (χ0) is 19.4. The number of rotatable bonds is 5. The fourth-order valence-corrected chi connectivity index (χ4v) is 3.75. The van der Waals surface area contributed by atoms with Crippen LogP contribution in [-0.2, 0) is 11.3 Å². The predicted molar refractivity (Wildman–Crippen MR) is 109 cm³/mol.